The van der Waals surface area contributed by atoms with Crippen LogP contribution in [0, 0.1) is 0 Å². The summed E-state index contributed by atoms with van der Waals surface area (Å²) in [5, 5.41) is 10.4. The van der Waals surface area contributed by atoms with E-state index < -0.39 is 35.8 Å². The minimum absolute atomic E-state index is 0.00628. The lowest BCUT2D eigenvalue weighted by Gasteiger charge is -2.17. The van der Waals surface area contributed by atoms with Gasteiger partial charge in [-0.25, -0.2) is 9.36 Å². The molecule has 23 heavy (non-hydrogen) atoms. The fraction of sp³-hybridized carbons (Fsp3) is 0.583. The molecule has 0 radical (unpaired) electrons. The molecule has 2 aromatic heterocycles. The van der Waals surface area contributed by atoms with Crippen molar-refractivity contribution in [2.75, 3.05) is 26.6 Å². The summed E-state index contributed by atoms with van der Waals surface area (Å²) in [5.74, 6) is -0.153. The van der Waals surface area contributed by atoms with Gasteiger partial charge < -0.3 is 25.1 Å². The van der Waals surface area contributed by atoms with E-state index in [-0.39, 0.29) is 23.7 Å². The number of aromatic nitrogens is 4. The van der Waals surface area contributed by atoms with Crippen molar-refractivity contribution < 1.29 is 19.3 Å². The molecule has 3 heterocycles. The van der Waals surface area contributed by atoms with Crippen molar-refractivity contribution in [1.29, 1.82) is 0 Å². The van der Waals surface area contributed by atoms with E-state index in [1.807, 2.05) is 0 Å². The Morgan fingerprint density at radius 3 is 2.78 bits per heavy atom. The summed E-state index contributed by atoms with van der Waals surface area (Å²) in [7, 11) is 2.90. The number of imidazole rings is 1. The Balaban J connectivity index is 2.12. The van der Waals surface area contributed by atoms with Crippen LogP contribution < -0.4 is 17.0 Å². The topological polar surface area (TPSA) is 157 Å². The van der Waals surface area contributed by atoms with Crippen LogP contribution in [0.3, 0.4) is 0 Å². The third kappa shape index (κ3) is 2.43. The van der Waals surface area contributed by atoms with Gasteiger partial charge in [-0.05, 0) is 0 Å². The minimum Gasteiger partial charge on any atom is -0.386 e. The monoisotopic (exact) mass is 327 g/mol. The summed E-state index contributed by atoms with van der Waals surface area (Å²) in [6.07, 6.45) is -3.52. The molecule has 1 fully saturated rings. The van der Waals surface area contributed by atoms with Gasteiger partial charge in [0.2, 0.25) is 5.95 Å². The molecular weight excluding hydrogens is 310 g/mol. The van der Waals surface area contributed by atoms with E-state index in [0.717, 1.165) is 4.57 Å². The molecule has 5 N–H and O–H groups in total. The molecule has 2 aromatic rings. The molecule has 1 saturated heterocycles. The summed E-state index contributed by atoms with van der Waals surface area (Å²) in [4.78, 5) is 32.7. The molecule has 11 heteroatoms. The highest BCUT2D eigenvalue weighted by Gasteiger charge is 2.46. The first kappa shape index (κ1) is 15.7. The summed E-state index contributed by atoms with van der Waals surface area (Å²) in [6.45, 7) is 0.166. The van der Waals surface area contributed by atoms with Gasteiger partial charge in [-0.15, -0.1) is 0 Å². The Kier molecular flexibility index (Phi) is 3.93. The number of aliphatic hydroxyl groups is 1. The first-order valence-corrected chi connectivity index (χ1v) is 6.83. The predicted molar refractivity (Wildman–Crippen MR) is 78.0 cm³/mol. The number of nitrogens with zero attached hydrogens (tertiary/aromatic N) is 2. The molecule has 0 amide bonds. The maximum atomic E-state index is 12.2. The van der Waals surface area contributed by atoms with Crippen molar-refractivity contribution >= 4 is 17.1 Å². The van der Waals surface area contributed by atoms with Crippen LogP contribution in [0.25, 0.3) is 11.2 Å². The highest BCUT2D eigenvalue weighted by atomic mass is 16.6. The lowest BCUT2D eigenvalue weighted by Crippen LogP contribution is -2.36. The van der Waals surface area contributed by atoms with Gasteiger partial charge >= 0.3 is 5.69 Å². The first-order chi connectivity index (χ1) is 11.0. The average Bonchev–Trinajstić information content (AvgIpc) is 2.96. The molecule has 0 bridgehead atoms. The Morgan fingerprint density at radius 2 is 2.13 bits per heavy atom. The lowest BCUT2D eigenvalue weighted by molar-refractivity contribution is -0.0622. The second-order valence-corrected chi connectivity index (χ2v) is 5.16. The smallest absolute Gasteiger partial charge is 0.330 e. The van der Waals surface area contributed by atoms with Gasteiger partial charge in [0.15, 0.2) is 17.4 Å². The second kappa shape index (κ2) is 5.77. The van der Waals surface area contributed by atoms with Crippen LogP contribution in [-0.2, 0) is 14.2 Å². The van der Waals surface area contributed by atoms with E-state index in [4.69, 9.17) is 19.9 Å². The first-order valence-electron chi connectivity index (χ1n) is 6.83. The largest absolute Gasteiger partial charge is 0.386 e. The van der Waals surface area contributed by atoms with E-state index in [1.165, 1.54) is 14.2 Å². The van der Waals surface area contributed by atoms with E-state index in [2.05, 4.69) is 15.0 Å². The van der Waals surface area contributed by atoms with Gasteiger partial charge in [-0.2, -0.15) is 4.98 Å². The molecular formula is C12H17N5O6. The molecule has 0 saturated carbocycles. The number of nitrogens with one attached hydrogen (secondary N) is 2. The Labute approximate surface area is 129 Å². The third-order valence-corrected chi connectivity index (χ3v) is 3.76. The maximum absolute atomic E-state index is 12.2. The molecule has 0 aliphatic carbocycles. The van der Waals surface area contributed by atoms with Crippen LogP contribution in [0.2, 0.25) is 0 Å². The van der Waals surface area contributed by atoms with Gasteiger partial charge in [0.1, 0.15) is 18.3 Å². The zero-order valence-corrected chi connectivity index (χ0v) is 12.5. The van der Waals surface area contributed by atoms with Crippen molar-refractivity contribution in [3.63, 3.8) is 0 Å². The standard InChI is InChI=1S/C12H17N5O6/c1-21-3-4-7(22-2)6(18)10(23-4)17-8-5(14-12(17)20)9(19)16-11(13)15-8/h4,6-7,10,18H,3H2,1-2H3,(H,14,20)(H3,13,15,16,19)/t4-,6?,7?,10-/m1/s1. The maximum Gasteiger partial charge on any atom is 0.330 e. The number of nitrogen functional groups attached to an aromatic ring is 1. The molecule has 2 unspecified atom stereocenters. The highest BCUT2D eigenvalue weighted by Crippen LogP contribution is 2.31. The van der Waals surface area contributed by atoms with Gasteiger partial charge in [0, 0.05) is 14.2 Å². The summed E-state index contributed by atoms with van der Waals surface area (Å²) in [6, 6.07) is 0. The van der Waals surface area contributed by atoms with Crippen molar-refractivity contribution in [3.05, 3.63) is 20.8 Å². The average molecular weight is 327 g/mol. The number of nitrogens with two attached hydrogens (primary N) is 1. The number of aromatic amines is 2. The molecule has 1 aliphatic rings. The SMILES string of the molecule is COC[C@H]1O[C@@H](n2c(=O)[nH]c3c(=O)[nH]c(N)nc32)C(O)C1OC. The predicted octanol–water partition coefficient (Wildman–Crippen LogP) is -2.09. The molecule has 4 atom stereocenters. The van der Waals surface area contributed by atoms with Crippen LogP contribution in [-0.4, -0.2) is 63.8 Å². The fourth-order valence-corrected chi connectivity index (χ4v) is 2.79. The van der Waals surface area contributed by atoms with Crippen LogP contribution >= 0.6 is 0 Å². The zero-order chi connectivity index (χ0) is 16.7. The molecule has 11 nitrogen and oxygen atoms in total. The normalized spacial score (nSPS) is 27.8. The van der Waals surface area contributed by atoms with Crippen LogP contribution in [0.1, 0.15) is 6.23 Å². The minimum atomic E-state index is -1.15. The number of rotatable bonds is 4. The summed E-state index contributed by atoms with van der Waals surface area (Å²) >= 11 is 0. The number of methoxy groups -OCH3 is 2. The summed E-state index contributed by atoms with van der Waals surface area (Å²) in [5.41, 5.74) is 4.22. The summed E-state index contributed by atoms with van der Waals surface area (Å²) < 4.78 is 17.0. The third-order valence-electron chi connectivity index (χ3n) is 3.76. The number of anilines is 1. The lowest BCUT2D eigenvalue weighted by atomic mass is 10.1. The van der Waals surface area contributed by atoms with Crippen molar-refractivity contribution in [2.24, 2.45) is 0 Å². The number of ether oxygens (including phenoxy) is 3. The van der Waals surface area contributed by atoms with Crippen molar-refractivity contribution in [3.8, 4) is 0 Å². The molecule has 0 aromatic carbocycles. The second-order valence-electron chi connectivity index (χ2n) is 5.16. The quantitative estimate of drug-likeness (QED) is 0.498. The molecule has 0 spiro atoms. The molecule has 1 aliphatic heterocycles. The number of hydrogen-bond acceptors (Lipinski definition) is 8. The van der Waals surface area contributed by atoms with Crippen LogP contribution in [0.4, 0.5) is 5.95 Å². The van der Waals surface area contributed by atoms with Gasteiger partial charge in [0.05, 0.1) is 6.61 Å². The number of fused-ring (bicyclic) bond motifs is 1. The number of H-pyrrole nitrogens is 2. The highest BCUT2D eigenvalue weighted by molar-refractivity contribution is 5.70. The Morgan fingerprint density at radius 1 is 1.39 bits per heavy atom. The van der Waals surface area contributed by atoms with Crippen molar-refractivity contribution in [1.82, 2.24) is 19.5 Å². The van der Waals surface area contributed by atoms with Crippen LogP contribution in [0.5, 0.6) is 0 Å². The van der Waals surface area contributed by atoms with E-state index in [0.29, 0.717) is 0 Å². The van der Waals surface area contributed by atoms with Gasteiger partial charge in [-0.1, -0.05) is 0 Å². The van der Waals surface area contributed by atoms with E-state index in [1.54, 1.807) is 0 Å². The fourth-order valence-electron chi connectivity index (χ4n) is 2.79. The van der Waals surface area contributed by atoms with E-state index in [9.17, 15) is 14.7 Å². The number of hydrogen-bond donors (Lipinski definition) is 4. The van der Waals surface area contributed by atoms with Gasteiger partial charge in [0.25, 0.3) is 5.56 Å². The van der Waals surface area contributed by atoms with Crippen LogP contribution in [0.15, 0.2) is 9.59 Å². The van der Waals surface area contributed by atoms with E-state index >= 15 is 0 Å². The molecule has 126 valence electrons. The van der Waals surface area contributed by atoms with Crippen molar-refractivity contribution in [2.45, 2.75) is 24.5 Å². The van der Waals surface area contributed by atoms with Gasteiger partial charge in [-0.3, -0.25) is 14.8 Å². The Bertz CT molecular complexity index is 825. The molecule has 3 rings (SSSR count). The number of aliphatic hydroxyl groups excluding tert-OH is 1. The zero-order valence-electron chi connectivity index (χ0n) is 12.5. The Hall–Kier alpha value is -2.21.